The molecule has 0 saturated heterocycles. The fourth-order valence-electron chi connectivity index (χ4n) is 1.61. The molecule has 0 radical (unpaired) electrons. The number of rotatable bonds is 2. The Balaban J connectivity index is 2.25. The van der Waals surface area contributed by atoms with Gasteiger partial charge >= 0.3 is 0 Å². The van der Waals surface area contributed by atoms with Gasteiger partial charge in [-0.05, 0) is 81.3 Å². The molecule has 0 aliphatic heterocycles. The summed E-state index contributed by atoms with van der Waals surface area (Å²) in [6.45, 7) is 1.88. The van der Waals surface area contributed by atoms with Crippen LogP contribution in [0.5, 0.6) is 0 Å². The van der Waals surface area contributed by atoms with E-state index in [1.165, 1.54) is 0 Å². The number of anilines is 1. The minimum atomic E-state index is -0.159. The predicted octanol–water partition coefficient (Wildman–Crippen LogP) is 5.27. The predicted molar refractivity (Wildman–Crippen MR) is 91.0 cm³/mol. The summed E-state index contributed by atoms with van der Waals surface area (Å²) in [4.78, 5) is 12.2. The minimum Gasteiger partial charge on any atom is -0.322 e. The maximum Gasteiger partial charge on any atom is 0.255 e. The molecule has 0 aliphatic rings. The van der Waals surface area contributed by atoms with Crippen LogP contribution in [0.3, 0.4) is 0 Å². The maximum atomic E-state index is 12.2. The molecule has 0 atom stereocenters. The molecule has 0 fully saturated rings. The summed E-state index contributed by atoms with van der Waals surface area (Å²) in [5.74, 6) is -0.159. The molecule has 0 unspecified atom stereocenters. The Morgan fingerprint density at radius 3 is 2.68 bits per heavy atom. The molecule has 5 heteroatoms. The molecule has 0 heterocycles. The van der Waals surface area contributed by atoms with Crippen LogP contribution in [0, 0.1) is 10.5 Å². The van der Waals surface area contributed by atoms with Crippen LogP contribution in [-0.2, 0) is 0 Å². The van der Waals surface area contributed by atoms with Gasteiger partial charge in [0.1, 0.15) is 0 Å². The van der Waals surface area contributed by atoms with Crippen molar-refractivity contribution < 1.29 is 4.79 Å². The Morgan fingerprint density at radius 2 is 2.00 bits per heavy atom. The van der Waals surface area contributed by atoms with Crippen LogP contribution in [0.25, 0.3) is 0 Å². The van der Waals surface area contributed by atoms with Crippen molar-refractivity contribution in [2.24, 2.45) is 0 Å². The summed E-state index contributed by atoms with van der Waals surface area (Å²) < 4.78 is 2.04. The number of hydrogen-bond donors (Lipinski definition) is 1. The topological polar surface area (TPSA) is 29.1 Å². The molecule has 0 aliphatic carbocycles. The third kappa shape index (κ3) is 3.70. The Bertz CT molecular complexity index is 645. The highest BCUT2D eigenvalue weighted by molar-refractivity contribution is 14.1. The SMILES string of the molecule is Cc1ccc(Cl)cc1C(=O)Nc1ccc(I)c(Br)c1. The van der Waals surface area contributed by atoms with Gasteiger partial charge in [-0.3, -0.25) is 4.79 Å². The van der Waals surface area contributed by atoms with Crippen molar-refractivity contribution in [3.8, 4) is 0 Å². The van der Waals surface area contributed by atoms with Gasteiger partial charge in [-0.15, -0.1) is 0 Å². The van der Waals surface area contributed by atoms with Crippen molar-refractivity contribution in [2.45, 2.75) is 6.92 Å². The van der Waals surface area contributed by atoms with Crippen LogP contribution in [0.1, 0.15) is 15.9 Å². The first-order valence-corrected chi connectivity index (χ1v) is 7.75. The molecule has 1 amide bonds. The highest BCUT2D eigenvalue weighted by Crippen LogP contribution is 2.24. The molecular formula is C14H10BrClINO. The number of halogens is 3. The van der Waals surface area contributed by atoms with Crippen molar-refractivity contribution in [3.05, 3.63) is 60.6 Å². The van der Waals surface area contributed by atoms with Crippen molar-refractivity contribution in [1.82, 2.24) is 0 Å². The lowest BCUT2D eigenvalue weighted by molar-refractivity contribution is 0.102. The molecule has 1 N–H and O–H groups in total. The summed E-state index contributed by atoms with van der Waals surface area (Å²) >= 11 is 11.6. The minimum absolute atomic E-state index is 0.159. The molecule has 2 nitrogen and oxygen atoms in total. The lowest BCUT2D eigenvalue weighted by Crippen LogP contribution is -2.13. The molecule has 98 valence electrons. The van der Waals surface area contributed by atoms with Gasteiger partial charge in [0.15, 0.2) is 0 Å². The zero-order chi connectivity index (χ0) is 14.0. The van der Waals surface area contributed by atoms with Gasteiger partial charge in [0.05, 0.1) is 0 Å². The second-order valence-electron chi connectivity index (χ2n) is 4.04. The Morgan fingerprint density at radius 1 is 1.26 bits per heavy atom. The van der Waals surface area contributed by atoms with Crippen molar-refractivity contribution in [1.29, 1.82) is 0 Å². The third-order valence-corrected chi connectivity index (χ3v) is 5.19. The first kappa shape index (κ1) is 14.8. The molecule has 0 spiro atoms. The molecule has 2 rings (SSSR count). The highest BCUT2D eigenvalue weighted by Gasteiger charge is 2.10. The number of amides is 1. The van der Waals surface area contributed by atoms with Gasteiger partial charge in [0, 0.05) is 24.3 Å². The Labute approximate surface area is 138 Å². The van der Waals surface area contributed by atoms with E-state index in [-0.39, 0.29) is 5.91 Å². The van der Waals surface area contributed by atoms with E-state index in [0.717, 1.165) is 19.3 Å². The van der Waals surface area contributed by atoms with Gasteiger partial charge in [-0.25, -0.2) is 0 Å². The lowest BCUT2D eigenvalue weighted by atomic mass is 10.1. The van der Waals surface area contributed by atoms with E-state index >= 15 is 0 Å². The smallest absolute Gasteiger partial charge is 0.255 e. The van der Waals surface area contributed by atoms with Crippen LogP contribution < -0.4 is 5.32 Å². The van der Waals surface area contributed by atoms with Crippen LogP contribution in [0.4, 0.5) is 5.69 Å². The van der Waals surface area contributed by atoms with Gasteiger partial charge in [0.25, 0.3) is 5.91 Å². The van der Waals surface area contributed by atoms with Gasteiger partial charge in [-0.1, -0.05) is 17.7 Å². The zero-order valence-corrected chi connectivity index (χ0v) is 14.5. The third-order valence-electron chi connectivity index (χ3n) is 2.62. The molecular weight excluding hydrogens is 440 g/mol. The van der Waals surface area contributed by atoms with E-state index in [1.807, 2.05) is 31.2 Å². The molecule has 19 heavy (non-hydrogen) atoms. The number of benzene rings is 2. The largest absolute Gasteiger partial charge is 0.322 e. The highest BCUT2D eigenvalue weighted by atomic mass is 127. The normalized spacial score (nSPS) is 10.3. The number of carbonyl (C=O) groups excluding carboxylic acids is 1. The first-order chi connectivity index (χ1) is 8.97. The molecule has 0 saturated carbocycles. The number of hydrogen-bond acceptors (Lipinski definition) is 1. The first-order valence-electron chi connectivity index (χ1n) is 5.50. The van der Waals surface area contributed by atoms with Crippen LogP contribution in [-0.4, -0.2) is 5.91 Å². The fraction of sp³-hybridized carbons (Fsp3) is 0.0714. The van der Waals surface area contributed by atoms with Crippen molar-refractivity contribution in [3.63, 3.8) is 0 Å². The van der Waals surface area contributed by atoms with E-state index in [0.29, 0.717) is 10.6 Å². The number of carbonyl (C=O) groups is 1. The number of aryl methyl sites for hydroxylation is 1. The standard InChI is InChI=1S/C14H10BrClINO/c1-8-2-3-9(16)6-11(8)14(19)18-10-4-5-13(17)12(15)7-10/h2-7H,1H3,(H,18,19). The molecule has 0 aromatic heterocycles. The fourth-order valence-corrected chi connectivity index (χ4v) is 2.50. The Kier molecular flexibility index (Phi) is 4.86. The number of nitrogens with one attached hydrogen (secondary N) is 1. The van der Waals surface area contributed by atoms with Crippen LogP contribution in [0.2, 0.25) is 5.02 Å². The average Bonchev–Trinajstić information content (AvgIpc) is 2.36. The summed E-state index contributed by atoms with van der Waals surface area (Å²) in [6, 6.07) is 11.0. The van der Waals surface area contributed by atoms with Gasteiger partial charge in [-0.2, -0.15) is 0 Å². The average molecular weight is 451 g/mol. The van der Waals surface area contributed by atoms with Gasteiger partial charge in [0.2, 0.25) is 0 Å². The van der Waals surface area contributed by atoms with Gasteiger partial charge < -0.3 is 5.32 Å². The zero-order valence-electron chi connectivity index (χ0n) is 10.0. The molecule has 2 aromatic rings. The van der Waals surface area contributed by atoms with Crippen molar-refractivity contribution >= 4 is 61.7 Å². The van der Waals surface area contributed by atoms with E-state index in [9.17, 15) is 4.79 Å². The van der Waals surface area contributed by atoms with E-state index in [2.05, 4.69) is 43.8 Å². The maximum absolute atomic E-state index is 12.2. The van der Waals surface area contributed by atoms with Crippen LogP contribution >= 0.6 is 50.1 Å². The Hall–Kier alpha value is -0.590. The summed E-state index contributed by atoms with van der Waals surface area (Å²) in [5.41, 5.74) is 2.23. The quantitative estimate of drug-likeness (QED) is 0.621. The van der Waals surface area contributed by atoms with Crippen LogP contribution in [0.15, 0.2) is 40.9 Å². The summed E-state index contributed by atoms with van der Waals surface area (Å²) in [7, 11) is 0. The van der Waals surface area contributed by atoms with E-state index < -0.39 is 0 Å². The second-order valence-corrected chi connectivity index (χ2v) is 6.50. The lowest BCUT2D eigenvalue weighted by Gasteiger charge is -2.09. The summed E-state index contributed by atoms with van der Waals surface area (Å²) in [5, 5.41) is 3.42. The van der Waals surface area contributed by atoms with E-state index in [1.54, 1.807) is 12.1 Å². The van der Waals surface area contributed by atoms with Crippen molar-refractivity contribution in [2.75, 3.05) is 5.32 Å². The summed E-state index contributed by atoms with van der Waals surface area (Å²) in [6.07, 6.45) is 0. The molecule has 2 aromatic carbocycles. The second kappa shape index (κ2) is 6.24. The van der Waals surface area contributed by atoms with E-state index in [4.69, 9.17) is 11.6 Å². The monoisotopic (exact) mass is 449 g/mol. The molecule has 0 bridgehead atoms.